The minimum Gasteiger partial charge on any atom is -0.550 e. The van der Waals surface area contributed by atoms with Crippen molar-refractivity contribution in [1.29, 1.82) is 0 Å². The van der Waals surface area contributed by atoms with Crippen LogP contribution in [0.25, 0.3) is 0 Å². The highest BCUT2D eigenvalue weighted by molar-refractivity contribution is 5.94. The summed E-state index contributed by atoms with van der Waals surface area (Å²) in [4.78, 5) is 21.4. The summed E-state index contributed by atoms with van der Waals surface area (Å²) in [5, 5.41) is 12.5. The van der Waals surface area contributed by atoms with E-state index in [9.17, 15) is 14.7 Å². The highest BCUT2D eigenvalue weighted by atomic mass is 16.4. The SMILES string of the molecule is O=C([O-])CCNC(=O)c1ccccc1. The van der Waals surface area contributed by atoms with Gasteiger partial charge in [0.25, 0.3) is 5.91 Å². The van der Waals surface area contributed by atoms with Crippen molar-refractivity contribution in [3.8, 4) is 0 Å². The Morgan fingerprint density at radius 1 is 1.21 bits per heavy atom. The number of amides is 1. The molecule has 0 spiro atoms. The molecule has 74 valence electrons. The normalized spacial score (nSPS) is 9.43. The van der Waals surface area contributed by atoms with Crippen LogP contribution in [0.3, 0.4) is 0 Å². The lowest BCUT2D eigenvalue weighted by Gasteiger charge is -2.05. The number of carbonyl (C=O) groups is 2. The van der Waals surface area contributed by atoms with Crippen LogP contribution in [0.4, 0.5) is 0 Å². The molecule has 1 N–H and O–H groups in total. The molecule has 0 bridgehead atoms. The molecule has 0 fully saturated rings. The van der Waals surface area contributed by atoms with Gasteiger partial charge in [-0.3, -0.25) is 4.79 Å². The van der Waals surface area contributed by atoms with Gasteiger partial charge in [-0.25, -0.2) is 0 Å². The first-order valence-electron chi connectivity index (χ1n) is 4.23. The molecule has 0 heterocycles. The lowest BCUT2D eigenvalue weighted by Crippen LogP contribution is -2.30. The monoisotopic (exact) mass is 192 g/mol. The third-order valence-corrected chi connectivity index (χ3v) is 1.65. The van der Waals surface area contributed by atoms with Crippen molar-refractivity contribution in [2.45, 2.75) is 6.42 Å². The van der Waals surface area contributed by atoms with Crippen molar-refractivity contribution in [3.05, 3.63) is 35.9 Å². The molecule has 0 saturated heterocycles. The maximum absolute atomic E-state index is 11.3. The van der Waals surface area contributed by atoms with Gasteiger partial charge < -0.3 is 15.2 Å². The van der Waals surface area contributed by atoms with Gasteiger partial charge in [0, 0.05) is 24.5 Å². The first kappa shape index (κ1) is 10.2. The van der Waals surface area contributed by atoms with Gasteiger partial charge >= 0.3 is 0 Å². The lowest BCUT2D eigenvalue weighted by atomic mass is 10.2. The number of hydrogen-bond acceptors (Lipinski definition) is 3. The molecule has 0 atom stereocenters. The Hall–Kier alpha value is -1.84. The predicted molar refractivity (Wildman–Crippen MR) is 48.4 cm³/mol. The Kier molecular flexibility index (Phi) is 3.67. The van der Waals surface area contributed by atoms with Crippen molar-refractivity contribution in [2.24, 2.45) is 0 Å². The van der Waals surface area contributed by atoms with Crippen LogP contribution in [-0.2, 0) is 4.79 Å². The summed E-state index contributed by atoms with van der Waals surface area (Å²) in [7, 11) is 0. The van der Waals surface area contributed by atoms with E-state index in [0.717, 1.165) is 0 Å². The Morgan fingerprint density at radius 3 is 2.43 bits per heavy atom. The van der Waals surface area contributed by atoms with Crippen molar-refractivity contribution in [1.82, 2.24) is 5.32 Å². The van der Waals surface area contributed by atoms with E-state index in [0.29, 0.717) is 5.56 Å². The zero-order valence-electron chi connectivity index (χ0n) is 7.53. The minimum absolute atomic E-state index is 0.0933. The van der Waals surface area contributed by atoms with Gasteiger partial charge in [0.05, 0.1) is 0 Å². The van der Waals surface area contributed by atoms with Crippen LogP contribution in [-0.4, -0.2) is 18.4 Å². The molecule has 0 aliphatic rings. The number of aliphatic carboxylic acids is 1. The van der Waals surface area contributed by atoms with E-state index < -0.39 is 5.97 Å². The number of nitrogens with one attached hydrogen (secondary N) is 1. The lowest BCUT2D eigenvalue weighted by molar-refractivity contribution is -0.305. The summed E-state index contributed by atoms with van der Waals surface area (Å²) >= 11 is 0. The summed E-state index contributed by atoms with van der Waals surface area (Å²) in [6.45, 7) is 0.0933. The number of carboxylic acids is 1. The van der Waals surface area contributed by atoms with Crippen molar-refractivity contribution < 1.29 is 14.7 Å². The fraction of sp³-hybridized carbons (Fsp3) is 0.200. The first-order chi connectivity index (χ1) is 6.70. The van der Waals surface area contributed by atoms with Crippen LogP contribution in [0.5, 0.6) is 0 Å². The number of carboxylic acid groups (broad SMARTS) is 1. The van der Waals surface area contributed by atoms with Crippen LogP contribution in [0.1, 0.15) is 16.8 Å². The molecule has 1 aromatic carbocycles. The van der Waals surface area contributed by atoms with Gasteiger partial charge in [0.1, 0.15) is 0 Å². The van der Waals surface area contributed by atoms with Gasteiger partial charge in [-0.1, -0.05) is 18.2 Å². The number of rotatable bonds is 4. The maximum atomic E-state index is 11.3. The van der Waals surface area contributed by atoms with Gasteiger partial charge in [-0.15, -0.1) is 0 Å². The smallest absolute Gasteiger partial charge is 0.251 e. The molecule has 0 aliphatic carbocycles. The molecule has 1 rings (SSSR count). The van der Waals surface area contributed by atoms with Crippen LogP contribution in [0.2, 0.25) is 0 Å². The highest BCUT2D eigenvalue weighted by Crippen LogP contribution is 1.97. The zero-order valence-corrected chi connectivity index (χ0v) is 7.53. The number of hydrogen-bond donors (Lipinski definition) is 1. The van der Waals surface area contributed by atoms with Crippen molar-refractivity contribution in [2.75, 3.05) is 6.54 Å². The van der Waals surface area contributed by atoms with Crippen LogP contribution in [0.15, 0.2) is 30.3 Å². The second kappa shape index (κ2) is 5.01. The summed E-state index contributed by atoms with van der Waals surface area (Å²) < 4.78 is 0. The minimum atomic E-state index is -1.17. The van der Waals surface area contributed by atoms with E-state index in [1.807, 2.05) is 0 Å². The second-order valence-electron chi connectivity index (χ2n) is 2.74. The van der Waals surface area contributed by atoms with E-state index >= 15 is 0 Å². The fourth-order valence-electron chi connectivity index (χ4n) is 0.970. The van der Waals surface area contributed by atoms with E-state index in [1.165, 1.54) is 0 Å². The molecule has 1 amide bonds. The molecule has 14 heavy (non-hydrogen) atoms. The average Bonchev–Trinajstić information content (AvgIpc) is 2.18. The van der Waals surface area contributed by atoms with E-state index in [1.54, 1.807) is 30.3 Å². The van der Waals surface area contributed by atoms with Crippen molar-refractivity contribution in [3.63, 3.8) is 0 Å². The molecule has 4 heteroatoms. The average molecular weight is 192 g/mol. The Labute approximate surface area is 81.6 Å². The van der Waals surface area contributed by atoms with E-state index in [2.05, 4.69) is 5.32 Å². The first-order valence-corrected chi connectivity index (χ1v) is 4.23. The summed E-state index contributed by atoms with van der Waals surface area (Å²) in [6.07, 6.45) is -0.168. The number of benzene rings is 1. The van der Waals surface area contributed by atoms with Crippen LogP contribution >= 0.6 is 0 Å². The third kappa shape index (κ3) is 3.26. The summed E-state index contributed by atoms with van der Waals surface area (Å²) in [6, 6.07) is 8.61. The molecule has 0 unspecified atom stereocenters. The van der Waals surface area contributed by atoms with E-state index in [-0.39, 0.29) is 18.9 Å². The summed E-state index contributed by atoms with van der Waals surface area (Å²) in [5.74, 6) is -1.44. The third-order valence-electron chi connectivity index (χ3n) is 1.65. The van der Waals surface area contributed by atoms with E-state index in [4.69, 9.17) is 0 Å². The molecule has 0 aromatic heterocycles. The Balaban J connectivity index is 2.40. The summed E-state index contributed by atoms with van der Waals surface area (Å²) in [5.41, 5.74) is 0.519. The quantitative estimate of drug-likeness (QED) is 0.702. The molecular weight excluding hydrogens is 182 g/mol. The van der Waals surface area contributed by atoms with Crippen LogP contribution in [0, 0.1) is 0 Å². The molecule has 1 aromatic rings. The fourth-order valence-corrected chi connectivity index (χ4v) is 0.970. The second-order valence-corrected chi connectivity index (χ2v) is 2.74. The topological polar surface area (TPSA) is 69.2 Å². The van der Waals surface area contributed by atoms with Gasteiger partial charge in [-0.2, -0.15) is 0 Å². The standard InChI is InChI=1S/C10H11NO3/c12-9(13)6-7-11-10(14)8-4-2-1-3-5-8/h1-5H,6-7H2,(H,11,14)(H,12,13)/p-1. The predicted octanol–water partition coefficient (Wildman–Crippen LogP) is -0.444. The zero-order chi connectivity index (χ0) is 10.4. The van der Waals surface area contributed by atoms with Gasteiger partial charge in [-0.05, 0) is 12.1 Å². The molecular formula is C10H10NO3-. The van der Waals surface area contributed by atoms with Gasteiger partial charge in [0.15, 0.2) is 0 Å². The molecule has 4 nitrogen and oxygen atoms in total. The molecule has 0 radical (unpaired) electrons. The van der Waals surface area contributed by atoms with Crippen molar-refractivity contribution >= 4 is 11.9 Å². The number of carbonyl (C=O) groups excluding carboxylic acids is 2. The van der Waals surface area contributed by atoms with Crippen LogP contribution < -0.4 is 10.4 Å². The Morgan fingerprint density at radius 2 is 1.86 bits per heavy atom. The molecule has 0 aliphatic heterocycles. The molecule has 0 saturated carbocycles. The highest BCUT2D eigenvalue weighted by Gasteiger charge is 2.02. The Bertz CT molecular complexity index is 321. The largest absolute Gasteiger partial charge is 0.550 e. The maximum Gasteiger partial charge on any atom is 0.251 e. The van der Waals surface area contributed by atoms with Gasteiger partial charge in [0.2, 0.25) is 0 Å².